The first-order chi connectivity index (χ1) is 11.0. The molecule has 118 valence electrons. The third-order valence-electron chi connectivity index (χ3n) is 3.05. The minimum atomic E-state index is -3.78. The molecule has 0 aliphatic heterocycles. The maximum absolute atomic E-state index is 12.4. The summed E-state index contributed by atoms with van der Waals surface area (Å²) in [6, 6.07) is 7.85. The molecular weight excluding hydrogens is 318 g/mol. The highest BCUT2D eigenvalue weighted by Gasteiger charge is 2.20. The third-order valence-corrected chi connectivity index (χ3v) is 4.58. The topological polar surface area (TPSA) is 98.9 Å². The maximum atomic E-state index is 12.4. The first-order valence-electron chi connectivity index (χ1n) is 6.62. The van der Waals surface area contributed by atoms with E-state index in [2.05, 4.69) is 15.4 Å². The Bertz CT molecular complexity index is 944. The van der Waals surface area contributed by atoms with Gasteiger partial charge in [-0.05, 0) is 24.3 Å². The van der Waals surface area contributed by atoms with Gasteiger partial charge >= 0.3 is 0 Å². The van der Waals surface area contributed by atoms with E-state index in [1.165, 1.54) is 35.4 Å². The number of hydrogen-bond acceptors (Lipinski definition) is 5. The lowest BCUT2D eigenvalue weighted by atomic mass is 10.3. The molecule has 3 heterocycles. The minimum Gasteiger partial charge on any atom is -0.319 e. The lowest BCUT2D eigenvalue weighted by molar-refractivity contribution is 0.102. The number of aromatic nitrogens is 4. The normalized spacial score (nSPS) is 11.3. The summed E-state index contributed by atoms with van der Waals surface area (Å²) in [4.78, 5) is 15.9. The van der Waals surface area contributed by atoms with Gasteiger partial charge in [0.1, 0.15) is 5.69 Å². The van der Waals surface area contributed by atoms with E-state index >= 15 is 0 Å². The van der Waals surface area contributed by atoms with Crippen LogP contribution in [0.25, 0.3) is 0 Å². The first kappa shape index (κ1) is 15.0. The molecular formula is C14H13N5O3S. The molecule has 3 rings (SSSR count). The van der Waals surface area contributed by atoms with Gasteiger partial charge in [-0.25, -0.2) is 3.97 Å². The Morgan fingerprint density at radius 1 is 1.17 bits per heavy atom. The fourth-order valence-electron chi connectivity index (χ4n) is 1.93. The van der Waals surface area contributed by atoms with E-state index in [1.807, 2.05) is 0 Å². The molecule has 0 unspecified atom stereocenters. The van der Waals surface area contributed by atoms with E-state index in [1.54, 1.807) is 31.4 Å². The highest BCUT2D eigenvalue weighted by molar-refractivity contribution is 7.89. The number of carbonyl (C=O) groups excluding carboxylic acids is 1. The number of pyridine rings is 1. The Balaban J connectivity index is 1.82. The zero-order valence-corrected chi connectivity index (χ0v) is 12.9. The van der Waals surface area contributed by atoms with Crippen LogP contribution < -0.4 is 5.32 Å². The fraction of sp³-hybridized carbons (Fsp3) is 0.0714. The summed E-state index contributed by atoms with van der Waals surface area (Å²) in [7, 11) is -2.15. The van der Waals surface area contributed by atoms with E-state index in [4.69, 9.17) is 0 Å². The summed E-state index contributed by atoms with van der Waals surface area (Å²) < 4.78 is 27.2. The van der Waals surface area contributed by atoms with Gasteiger partial charge in [-0.1, -0.05) is 6.07 Å². The number of hydrogen-bond donors (Lipinski definition) is 1. The smallest absolute Gasteiger partial charge is 0.287 e. The van der Waals surface area contributed by atoms with Crippen LogP contribution >= 0.6 is 0 Å². The standard InChI is InChI=1S/C14H13N5O3S/c1-18-8-6-13(17-18)23(21,22)19-9-5-11(10-19)16-14(20)12-4-2-3-7-15-12/h2-10H,1H3,(H,16,20). The van der Waals surface area contributed by atoms with Crippen LogP contribution in [0.3, 0.4) is 0 Å². The second-order valence-electron chi connectivity index (χ2n) is 4.73. The van der Waals surface area contributed by atoms with Crippen LogP contribution in [0.4, 0.5) is 5.69 Å². The number of rotatable bonds is 4. The Morgan fingerprint density at radius 2 is 2.00 bits per heavy atom. The van der Waals surface area contributed by atoms with Gasteiger partial charge in [-0.15, -0.1) is 0 Å². The average Bonchev–Trinajstić information content (AvgIpc) is 3.18. The van der Waals surface area contributed by atoms with Crippen LogP contribution in [0.2, 0.25) is 0 Å². The molecule has 0 aliphatic rings. The number of nitrogens with one attached hydrogen (secondary N) is 1. The molecule has 0 aliphatic carbocycles. The summed E-state index contributed by atoms with van der Waals surface area (Å²) in [5, 5.41) is 6.41. The van der Waals surface area contributed by atoms with E-state index < -0.39 is 15.9 Å². The number of carbonyl (C=O) groups is 1. The molecule has 0 bridgehead atoms. The molecule has 0 atom stereocenters. The van der Waals surface area contributed by atoms with Crippen LogP contribution in [0.1, 0.15) is 10.5 Å². The summed E-state index contributed by atoms with van der Waals surface area (Å²) in [6.07, 6.45) is 5.70. The highest BCUT2D eigenvalue weighted by atomic mass is 32.2. The molecule has 3 aromatic heterocycles. The molecule has 0 spiro atoms. The van der Waals surface area contributed by atoms with Gasteiger partial charge in [0.05, 0.1) is 5.69 Å². The van der Waals surface area contributed by atoms with Crippen molar-refractivity contribution < 1.29 is 13.2 Å². The Labute approximate surface area is 132 Å². The lowest BCUT2D eigenvalue weighted by Crippen LogP contribution is -2.14. The van der Waals surface area contributed by atoms with Crippen molar-refractivity contribution in [3.8, 4) is 0 Å². The molecule has 23 heavy (non-hydrogen) atoms. The van der Waals surface area contributed by atoms with Crippen molar-refractivity contribution in [2.45, 2.75) is 5.03 Å². The van der Waals surface area contributed by atoms with Crippen LogP contribution in [0, 0.1) is 0 Å². The van der Waals surface area contributed by atoms with Crippen molar-refractivity contribution >= 4 is 21.6 Å². The molecule has 0 saturated heterocycles. The van der Waals surface area contributed by atoms with Gasteiger partial charge in [-0.3, -0.25) is 14.5 Å². The summed E-state index contributed by atoms with van der Waals surface area (Å²) in [5.41, 5.74) is 0.591. The van der Waals surface area contributed by atoms with E-state index in [0.29, 0.717) is 5.69 Å². The molecule has 1 amide bonds. The molecule has 0 radical (unpaired) electrons. The predicted octanol–water partition coefficient (Wildman–Crippen LogP) is 1.11. The number of anilines is 1. The van der Waals surface area contributed by atoms with Crippen molar-refractivity contribution in [1.82, 2.24) is 18.7 Å². The average molecular weight is 331 g/mol. The lowest BCUT2D eigenvalue weighted by Gasteiger charge is -2.03. The van der Waals surface area contributed by atoms with Crippen molar-refractivity contribution in [3.63, 3.8) is 0 Å². The van der Waals surface area contributed by atoms with Crippen LogP contribution in [-0.4, -0.2) is 33.1 Å². The van der Waals surface area contributed by atoms with Crippen LogP contribution in [-0.2, 0) is 17.1 Å². The molecule has 0 aromatic carbocycles. The molecule has 8 nitrogen and oxygen atoms in total. The summed E-state index contributed by atoms with van der Waals surface area (Å²) in [6.45, 7) is 0. The Morgan fingerprint density at radius 3 is 2.65 bits per heavy atom. The van der Waals surface area contributed by atoms with Gasteiger partial charge in [0.2, 0.25) is 0 Å². The predicted molar refractivity (Wildman–Crippen MR) is 82.4 cm³/mol. The Hall–Kier alpha value is -2.94. The Kier molecular flexibility index (Phi) is 3.70. The van der Waals surface area contributed by atoms with E-state index in [-0.39, 0.29) is 10.7 Å². The molecule has 0 saturated carbocycles. The van der Waals surface area contributed by atoms with Gasteiger partial charge < -0.3 is 5.32 Å². The SMILES string of the molecule is Cn1ccc(S(=O)(=O)n2ccc(NC(=O)c3ccccn3)c2)n1. The quantitative estimate of drug-likeness (QED) is 0.772. The largest absolute Gasteiger partial charge is 0.319 e. The van der Waals surface area contributed by atoms with Crippen LogP contribution in [0.15, 0.2) is 60.1 Å². The molecule has 0 fully saturated rings. The highest BCUT2D eigenvalue weighted by Crippen LogP contribution is 2.16. The van der Waals surface area contributed by atoms with Gasteiger partial charge in [0.25, 0.3) is 15.9 Å². The first-order valence-corrected chi connectivity index (χ1v) is 8.06. The van der Waals surface area contributed by atoms with Crippen molar-refractivity contribution in [2.75, 3.05) is 5.32 Å². The minimum absolute atomic E-state index is 0.0711. The van der Waals surface area contributed by atoms with Gasteiger partial charge in [0.15, 0.2) is 5.03 Å². The second kappa shape index (κ2) is 5.69. The molecule has 9 heteroatoms. The fourth-order valence-corrected chi connectivity index (χ4v) is 3.09. The van der Waals surface area contributed by atoms with Crippen LogP contribution in [0.5, 0.6) is 0 Å². The van der Waals surface area contributed by atoms with E-state index in [9.17, 15) is 13.2 Å². The maximum Gasteiger partial charge on any atom is 0.287 e. The summed E-state index contributed by atoms with van der Waals surface area (Å²) in [5.74, 6) is -0.418. The van der Waals surface area contributed by atoms with Gasteiger partial charge in [0, 0.05) is 31.8 Å². The number of aryl methyl sites for hydroxylation is 1. The monoisotopic (exact) mass is 331 g/mol. The van der Waals surface area contributed by atoms with Crippen molar-refractivity contribution in [2.24, 2.45) is 7.05 Å². The number of nitrogens with zero attached hydrogens (tertiary/aromatic N) is 4. The van der Waals surface area contributed by atoms with Crippen molar-refractivity contribution in [1.29, 1.82) is 0 Å². The summed E-state index contributed by atoms with van der Waals surface area (Å²) >= 11 is 0. The van der Waals surface area contributed by atoms with Crippen molar-refractivity contribution in [3.05, 3.63) is 60.8 Å². The van der Waals surface area contributed by atoms with Gasteiger partial charge in [-0.2, -0.15) is 13.5 Å². The zero-order chi connectivity index (χ0) is 16.4. The second-order valence-corrected chi connectivity index (χ2v) is 6.52. The number of amides is 1. The zero-order valence-electron chi connectivity index (χ0n) is 12.1. The third kappa shape index (κ3) is 2.99. The van der Waals surface area contributed by atoms with E-state index in [0.717, 1.165) is 3.97 Å². The molecule has 3 aromatic rings. The molecule has 1 N–H and O–H groups in total.